The summed E-state index contributed by atoms with van der Waals surface area (Å²) in [6.45, 7) is 1.32. The minimum atomic E-state index is 0.380. The van der Waals surface area contributed by atoms with Gasteiger partial charge in [-0.25, -0.2) is 4.98 Å². The predicted octanol–water partition coefficient (Wildman–Crippen LogP) is 2.69. The Labute approximate surface area is 149 Å². The molecule has 0 aliphatic heterocycles. The van der Waals surface area contributed by atoms with Crippen LogP contribution in [-0.4, -0.2) is 47.0 Å². The van der Waals surface area contributed by atoms with Crippen LogP contribution in [0.15, 0.2) is 30.6 Å². The minimum Gasteiger partial charge on any atom is -0.490 e. The molecule has 0 fully saturated rings. The van der Waals surface area contributed by atoms with Crippen molar-refractivity contribution < 1.29 is 14.2 Å². The topological polar surface area (TPSA) is 82.8 Å². The summed E-state index contributed by atoms with van der Waals surface area (Å²) in [5.41, 5.74) is 1.53. The summed E-state index contributed by atoms with van der Waals surface area (Å²) >= 11 is 6.28. The van der Waals surface area contributed by atoms with E-state index < -0.39 is 0 Å². The molecule has 8 nitrogen and oxygen atoms in total. The van der Waals surface area contributed by atoms with Crippen LogP contribution >= 0.6 is 11.6 Å². The molecule has 2 aromatic heterocycles. The van der Waals surface area contributed by atoms with Crippen molar-refractivity contribution in [3.63, 3.8) is 0 Å². The third-order valence-corrected chi connectivity index (χ3v) is 3.64. The highest BCUT2D eigenvalue weighted by atomic mass is 35.5. The van der Waals surface area contributed by atoms with E-state index in [1.165, 1.54) is 6.33 Å². The number of fused-ring (bicyclic) bond motifs is 1. The van der Waals surface area contributed by atoms with Gasteiger partial charge in [-0.1, -0.05) is 11.6 Å². The quantitative estimate of drug-likeness (QED) is 0.616. The Hall–Kier alpha value is -2.42. The lowest BCUT2D eigenvalue weighted by Crippen LogP contribution is -2.06. The first kappa shape index (κ1) is 17.4. The van der Waals surface area contributed by atoms with Crippen molar-refractivity contribution in [1.82, 2.24) is 19.6 Å². The van der Waals surface area contributed by atoms with E-state index in [2.05, 4.69) is 20.4 Å². The largest absolute Gasteiger partial charge is 0.490 e. The molecule has 0 atom stereocenters. The van der Waals surface area contributed by atoms with Crippen molar-refractivity contribution in [2.24, 2.45) is 0 Å². The molecule has 0 unspecified atom stereocenters. The average Bonchev–Trinajstić information content (AvgIpc) is 3.06. The fraction of sp³-hybridized carbons (Fsp3) is 0.312. The van der Waals surface area contributed by atoms with E-state index in [9.17, 15) is 0 Å². The molecule has 3 aromatic rings. The second-order valence-corrected chi connectivity index (χ2v) is 5.56. The first-order chi connectivity index (χ1) is 12.2. The van der Waals surface area contributed by atoms with Gasteiger partial charge in [-0.05, 0) is 18.2 Å². The van der Waals surface area contributed by atoms with Crippen LogP contribution < -0.4 is 10.1 Å². The Morgan fingerprint density at radius 1 is 1.16 bits per heavy atom. The Morgan fingerprint density at radius 2 is 2.04 bits per heavy atom. The monoisotopic (exact) mass is 363 g/mol. The number of nitrogens with one attached hydrogen (secondary N) is 1. The molecule has 0 aliphatic carbocycles. The molecule has 3 rings (SSSR count). The second-order valence-electron chi connectivity index (χ2n) is 5.15. The molecule has 2 heterocycles. The van der Waals surface area contributed by atoms with Crippen LogP contribution in [0.25, 0.3) is 5.78 Å². The summed E-state index contributed by atoms with van der Waals surface area (Å²) in [5.74, 6) is 1.80. The first-order valence-electron chi connectivity index (χ1n) is 7.58. The van der Waals surface area contributed by atoms with Crippen LogP contribution in [0.2, 0.25) is 5.02 Å². The van der Waals surface area contributed by atoms with Gasteiger partial charge in [-0.3, -0.25) is 0 Å². The Balaban J connectivity index is 1.83. The van der Waals surface area contributed by atoms with E-state index in [4.69, 9.17) is 25.8 Å². The van der Waals surface area contributed by atoms with Gasteiger partial charge in [0.05, 0.1) is 23.9 Å². The second kappa shape index (κ2) is 8.11. The van der Waals surface area contributed by atoms with E-state index in [1.807, 2.05) is 12.1 Å². The maximum atomic E-state index is 6.28. The van der Waals surface area contributed by atoms with Crippen LogP contribution in [0.3, 0.4) is 0 Å². The smallest absolute Gasteiger partial charge is 0.254 e. The highest BCUT2D eigenvalue weighted by molar-refractivity contribution is 6.32. The summed E-state index contributed by atoms with van der Waals surface area (Å²) in [7, 11) is 3.24. The van der Waals surface area contributed by atoms with Crippen molar-refractivity contribution in [3.05, 3.63) is 41.3 Å². The molecular formula is C16H18ClN5O3. The van der Waals surface area contributed by atoms with Crippen LogP contribution in [0.1, 0.15) is 5.69 Å². The molecule has 0 saturated carbocycles. The van der Waals surface area contributed by atoms with Gasteiger partial charge in [-0.2, -0.15) is 14.6 Å². The molecule has 0 amide bonds. The standard InChI is InChI=1S/C16H18ClN5O3/c1-23-5-6-25-14-4-3-11(7-13(14)17)20-15-8-12(9-24-2)21-16-18-10-19-22(15)16/h3-4,7-8,10,20H,5-6,9H2,1-2H3. The van der Waals surface area contributed by atoms with Gasteiger partial charge >= 0.3 is 0 Å². The first-order valence-corrected chi connectivity index (χ1v) is 7.96. The number of methoxy groups -OCH3 is 2. The van der Waals surface area contributed by atoms with Crippen LogP contribution in [0.4, 0.5) is 11.5 Å². The maximum absolute atomic E-state index is 6.28. The number of hydrogen-bond donors (Lipinski definition) is 1. The van der Waals surface area contributed by atoms with E-state index in [1.54, 1.807) is 30.9 Å². The third-order valence-electron chi connectivity index (χ3n) is 3.35. The fourth-order valence-electron chi connectivity index (χ4n) is 2.25. The summed E-state index contributed by atoms with van der Waals surface area (Å²) in [4.78, 5) is 8.49. The molecule has 9 heteroatoms. The normalized spacial score (nSPS) is 11.0. The Morgan fingerprint density at radius 3 is 2.80 bits per heavy atom. The molecule has 0 radical (unpaired) electrons. The van der Waals surface area contributed by atoms with Gasteiger partial charge in [0.2, 0.25) is 0 Å². The zero-order valence-corrected chi connectivity index (χ0v) is 14.7. The van der Waals surface area contributed by atoms with Crippen molar-refractivity contribution in [1.29, 1.82) is 0 Å². The summed E-state index contributed by atoms with van der Waals surface area (Å²) < 4.78 is 17.3. The maximum Gasteiger partial charge on any atom is 0.254 e. The summed E-state index contributed by atoms with van der Waals surface area (Å²) in [5, 5.41) is 7.94. The van der Waals surface area contributed by atoms with E-state index >= 15 is 0 Å². The van der Waals surface area contributed by atoms with Crippen molar-refractivity contribution in [2.75, 3.05) is 32.8 Å². The lowest BCUT2D eigenvalue weighted by molar-refractivity contribution is 0.146. The average molecular weight is 364 g/mol. The zero-order valence-electron chi connectivity index (χ0n) is 13.9. The number of halogens is 1. The molecular weight excluding hydrogens is 346 g/mol. The van der Waals surface area contributed by atoms with Gasteiger partial charge in [0.25, 0.3) is 5.78 Å². The van der Waals surface area contributed by atoms with Crippen molar-refractivity contribution in [3.8, 4) is 5.75 Å². The molecule has 132 valence electrons. The highest BCUT2D eigenvalue weighted by Crippen LogP contribution is 2.29. The Bertz CT molecular complexity index is 855. The number of benzene rings is 1. The fourth-order valence-corrected chi connectivity index (χ4v) is 2.49. The van der Waals surface area contributed by atoms with Gasteiger partial charge in [0.1, 0.15) is 24.5 Å². The van der Waals surface area contributed by atoms with Crippen molar-refractivity contribution >= 4 is 28.9 Å². The Kier molecular flexibility index (Phi) is 5.64. The SMILES string of the molecule is COCCOc1ccc(Nc2cc(COC)nc3ncnn23)cc1Cl. The van der Waals surface area contributed by atoms with Gasteiger partial charge < -0.3 is 19.5 Å². The number of anilines is 2. The molecule has 0 spiro atoms. The molecule has 0 aliphatic rings. The number of ether oxygens (including phenoxy) is 3. The van der Waals surface area contributed by atoms with Crippen LogP contribution in [-0.2, 0) is 16.1 Å². The van der Waals surface area contributed by atoms with Gasteiger partial charge in [0.15, 0.2) is 0 Å². The molecule has 25 heavy (non-hydrogen) atoms. The van der Waals surface area contributed by atoms with Gasteiger partial charge in [0, 0.05) is 26.0 Å². The minimum absolute atomic E-state index is 0.380. The summed E-state index contributed by atoms with van der Waals surface area (Å²) in [6.07, 6.45) is 1.45. The number of hydrogen-bond acceptors (Lipinski definition) is 7. The highest BCUT2D eigenvalue weighted by Gasteiger charge is 2.09. The molecule has 0 saturated heterocycles. The summed E-state index contributed by atoms with van der Waals surface area (Å²) in [6, 6.07) is 7.30. The van der Waals surface area contributed by atoms with Crippen LogP contribution in [0.5, 0.6) is 5.75 Å². The van der Waals surface area contributed by atoms with E-state index in [0.717, 1.165) is 11.4 Å². The number of aromatic nitrogens is 4. The van der Waals surface area contributed by atoms with Crippen LogP contribution in [0, 0.1) is 0 Å². The van der Waals surface area contributed by atoms with Gasteiger partial charge in [-0.15, -0.1) is 0 Å². The molecule has 1 aromatic carbocycles. The number of rotatable bonds is 8. The lowest BCUT2D eigenvalue weighted by Gasteiger charge is -2.12. The molecule has 0 bridgehead atoms. The lowest BCUT2D eigenvalue weighted by atomic mass is 10.3. The van der Waals surface area contributed by atoms with E-state index in [-0.39, 0.29) is 0 Å². The third kappa shape index (κ3) is 4.16. The van der Waals surface area contributed by atoms with Crippen molar-refractivity contribution in [2.45, 2.75) is 6.61 Å². The van der Waals surface area contributed by atoms with E-state index in [0.29, 0.717) is 42.2 Å². The number of nitrogens with zero attached hydrogens (tertiary/aromatic N) is 4. The molecule has 1 N–H and O–H groups in total. The predicted molar refractivity (Wildman–Crippen MR) is 93.6 cm³/mol. The zero-order chi connectivity index (χ0) is 17.6.